The SMILES string of the molecule is CCCCc1ccsc1-c1cc2cc3cc(-c4sccc4CCCC)sc3cc2s1. The van der Waals surface area contributed by atoms with Crippen molar-refractivity contribution in [3.8, 4) is 19.5 Å². The van der Waals surface area contributed by atoms with E-state index in [1.165, 1.54) is 89.3 Å². The van der Waals surface area contributed by atoms with E-state index in [0.717, 1.165) is 0 Å². The van der Waals surface area contributed by atoms with Crippen LogP contribution in [0.25, 0.3) is 39.7 Å². The Hall–Kier alpha value is -1.46. The summed E-state index contributed by atoms with van der Waals surface area (Å²) in [4.78, 5) is 5.83. The summed E-state index contributed by atoms with van der Waals surface area (Å²) in [5, 5.41) is 7.29. The van der Waals surface area contributed by atoms with Crippen LogP contribution in [0.15, 0.2) is 47.2 Å². The number of thiophene rings is 4. The Morgan fingerprint density at radius 1 is 0.633 bits per heavy atom. The molecule has 4 aromatic heterocycles. The van der Waals surface area contributed by atoms with Gasteiger partial charge in [0.05, 0.1) is 0 Å². The fourth-order valence-electron chi connectivity index (χ4n) is 4.03. The van der Waals surface area contributed by atoms with Crippen molar-refractivity contribution < 1.29 is 0 Å². The first-order valence-corrected chi connectivity index (χ1v) is 14.3. The zero-order chi connectivity index (χ0) is 20.5. The fourth-order valence-corrected chi connectivity index (χ4v) is 8.49. The summed E-state index contributed by atoms with van der Waals surface area (Å²) in [6, 6.07) is 14.3. The van der Waals surface area contributed by atoms with Crippen molar-refractivity contribution in [2.24, 2.45) is 0 Å². The van der Waals surface area contributed by atoms with E-state index in [1.807, 2.05) is 45.3 Å². The second-order valence-corrected chi connectivity index (χ2v) is 11.9. The molecule has 0 aliphatic heterocycles. The highest BCUT2D eigenvalue weighted by Crippen LogP contribution is 2.44. The topological polar surface area (TPSA) is 0 Å². The van der Waals surface area contributed by atoms with E-state index in [-0.39, 0.29) is 0 Å². The Kier molecular flexibility index (Phi) is 6.10. The average Bonchev–Trinajstić information content (AvgIpc) is 3.53. The quantitative estimate of drug-likeness (QED) is 0.213. The standard InChI is InChI=1S/C26H26S4/c1-3-5-7-17-9-11-27-25(17)23-14-19-13-20-15-24(30-22(20)16-21(19)29-23)26-18(8-6-4-2)10-12-28-26/h9-16H,3-8H2,1-2H3. The molecule has 30 heavy (non-hydrogen) atoms. The molecule has 0 fully saturated rings. The van der Waals surface area contributed by atoms with Crippen LogP contribution < -0.4 is 0 Å². The normalized spacial score (nSPS) is 11.8. The molecule has 0 spiro atoms. The maximum atomic E-state index is 2.42. The van der Waals surface area contributed by atoms with Gasteiger partial charge in [-0.2, -0.15) is 0 Å². The molecule has 5 rings (SSSR count). The van der Waals surface area contributed by atoms with E-state index >= 15 is 0 Å². The van der Waals surface area contributed by atoms with Crippen LogP contribution in [0.4, 0.5) is 0 Å². The lowest BCUT2D eigenvalue weighted by Gasteiger charge is -2.00. The van der Waals surface area contributed by atoms with Gasteiger partial charge in [-0.05, 0) is 94.7 Å². The Bertz CT molecular complexity index is 1130. The van der Waals surface area contributed by atoms with E-state index in [1.54, 1.807) is 0 Å². The zero-order valence-corrected chi connectivity index (χ0v) is 20.8. The number of benzene rings is 1. The van der Waals surface area contributed by atoms with Crippen LogP contribution >= 0.6 is 45.3 Å². The number of fused-ring (bicyclic) bond motifs is 2. The molecular weight excluding hydrogens is 441 g/mol. The molecule has 0 saturated carbocycles. The van der Waals surface area contributed by atoms with Gasteiger partial charge in [0.15, 0.2) is 0 Å². The lowest BCUT2D eigenvalue weighted by Crippen LogP contribution is -1.82. The van der Waals surface area contributed by atoms with Crippen LogP contribution in [-0.4, -0.2) is 0 Å². The highest BCUT2D eigenvalue weighted by Gasteiger charge is 2.14. The third-order valence-corrected chi connectivity index (χ3v) is 10.2. The molecule has 0 saturated heterocycles. The average molecular weight is 467 g/mol. The molecule has 154 valence electrons. The van der Waals surface area contributed by atoms with Gasteiger partial charge in [-0.1, -0.05) is 26.7 Å². The molecule has 0 atom stereocenters. The first-order valence-electron chi connectivity index (χ1n) is 10.9. The van der Waals surface area contributed by atoms with E-state index in [2.05, 4.69) is 61.0 Å². The van der Waals surface area contributed by atoms with Crippen LogP contribution in [-0.2, 0) is 12.8 Å². The van der Waals surface area contributed by atoms with Crippen molar-refractivity contribution in [2.45, 2.75) is 52.4 Å². The third kappa shape index (κ3) is 3.91. The van der Waals surface area contributed by atoms with Crippen molar-refractivity contribution in [3.05, 3.63) is 58.3 Å². The molecule has 0 radical (unpaired) electrons. The Morgan fingerprint density at radius 3 is 1.60 bits per heavy atom. The number of hydrogen-bond donors (Lipinski definition) is 0. The Morgan fingerprint density at radius 2 is 1.13 bits per heavy atom. The van der Waals surface area contributed by atoms with Crippen LogP contribution in [0.2, 0.25) is 0 Å². The smallest absolute Gasteiger partial charge is 0.0474 e. The highest BCUT2D eigenvalue weighted by atomic mass is 32.1. The Labute approximate surface area is 194 Å². The van der Waals surface area contributed by atoms with Crippen LogP contribution in [0, 0.1) is 0 Å². The molecule has 0 N–H and O–H groups in total. The number of rotatable bonds is 8. The number of aryl methyl sites for hydroxylation is 2. The Balaban J connectivity index is 1.50. The highest BCUT2D eigenvalue weighted by molar-refractivity contribution is 7.27. The minimum atomic E-state index is 1.20. The summed E-state index contributed by atoms with van der Waals surface area (Å²) in [6.45, 7) is 4.55. The van der Waals surface area contributed by atoms with E-state index in [0.29, 0.717) is 0 Å². The van der Waals surface area contributed by atoms with Gasteiger partial charge in [-0.3, -0.25) is 0 Å². The number of hydrogen-bond acceptors (Lipinski definition) is 4. The summed E-state index contributed by atoms with van der Waals surface area (Å²) >= 11 is 7.71. The van der Waals surface area contributed by atoms with Gasteiger partial charge >= 0.3 is 0 Å². The summed E-state index contributed by atoms with van der Waals surface area (Å²) in [5.41, 5.74) is 3.05. The molecule has 0 amide bonds. The van der Waals surface area contributed by atoms with Gasteiger partial charge in [0.1, 0.15) is 0 Å². The first-order chi connectivity index (χ1) is 14.8. The number of unbranched alkanes of at least 4 members (excludes halogenated alkanes) is 2. The van der Waals surface area contributed by atoms with Crippen LogP contribution in [0.3, 0.4) is 0 Å². The second kappa shape index (κ2) is 8.96. The minimum absolute atomic E-state index is 1.20. The maximum absolute atomic E-state index is 2.42. The molecule has 0 nitrogen and oxygen atoms in total. The van der Waals surface area contributed by atoms with Gasteiger partial charge in [0, 0.05) is 28.9 Å². The zero-order valence-electron chi connectivity index (χ0n) is 17.5. The largest absolute Gasteiger partial charge is 0.143 e. The molecule has 1 aromatic carbocycles. The van der Waals surface area contributed by atoms with E-state index < -0.39 is 0 Å². The predicted octanol–water partition coefficient (Wildman–Crippen LogP) is 10.3. The first kappa shape index (κ1) is 20.4. The molecule has 4 heterocycles. The molecule has 4 heteroatoms. The summed E-state index contributed by atoms with van der Waals surface area (Å²) in [7, 11) is 0. The van der Waals surface area contributed by atoms with E-state index in [4.69, 9.17) is 0 Å². The third-order valence-electron chi connectivity index (χ3n) is 5.70. The van der Waals surface area contributed by atoms with Crippen molar-refractivity contribution in [1.29, 1.82) is 0 Å². The summed E-state index contributed by atoms with van der Waals surface area (Å²) in [6.07, 6.45) is 7.45. The molecule has 0 unspecified atom stereocenters. The minimum Gasteiger partial charge on any atom is -0.143 e. The lowest BCUT2D eigenvalue weighted by atomic mass is 10.1. The second-order valence-electron chi connectivity index (χ2n) is 7.91. The van der Waals surface area contributed by atoms with Crippen molar-refractivity contribution >= 4 is 65.5 Å². The van der Waals surface area contributed by atoms with Gasteiger partial charge in [-0.15, -0.1) is 45.3 Å². The summed E-state index contributed by atoms with van der Waals surface area (Å²) < 4.78 is 2.83. The van der Waals surface area contributed by atoms with Gasteiger partial charge < -0.3 is 0 Å². The molecule has 0 bridgehead atoms. The van der Waals surface area contributed by atoms with Crippen LogP contribution in [0.1, 0.15) is 50.7 Å². The van der Waals surface area contributed by atoms with Gasteiger partial charge in [-0.25, -0.2) is 0 Å². The monoisotopic (exact) mass is 466 g/mol. The van der Waals surface area contributed by atoms with Crippen molar-refractivity contribution in [1.82, 2.24) is 0 Å². The van der Waals surface area contributed by atoms with Gasteiger partial charge in [0.2, 0.25) is 0 Å². The molecule has 5 aromatic rings. The van der Waals surface area contributed by atoms with Crippen molar-refractivity contribution in [2.75, 3.05) is 0 Å². The fraction of sp³-hybridized carbons (Fsp3) is 0.308. The molecule has 0 aliphatic rings. The van der Waals surface area contributed by atoms with Crippen molar-refractivity contribution in [3.63, 3.8) is 0 Å². The predicted molar refractivity (Wildman–Crippen MR) is 141 cm³/mol. The van der Waals surface area contributed by atoms with E-state index in [9.17, 15) is 0 Å². The molecule has 0 aliphatic carbocycles. The summed E-state index contributed by atoms with van der Waals surface area (Å²) in [5.74, 6) is 0. The maximum Gasteiger partial charge on any atom is 0.0474 e. The van der Waals surface area contributed by atoms with Gasteiger partial charge in [0.25, 0.3) is 0 Å². The van der Waals surface area contributed by atoms with Crippen LogP contribution in [0.5, 0.6) is 0 Å². The lowest BCUT2D eigenvalue weighted by molar-refractivity contribution is 0.798. The molecular formula is C26H26S4.